The molecule has 0 saturated carbocycles. The highest BCUT2D eigenvalue weighted by Gasteiger charge is 2.25. The van der Waals surface area contributed by atoms with Gasteiger partial charge in [0.05, 0.1) is 0 Å². The number of nitrogens with two attached hydrogens (primary N) is 1. The monoisotopic (exact) mass is 295 g/mol. The average molecular weight is 295 g/mol. The SMILES string of the molecule is CN(C)CC1CCCN1Cc1ccc(F)c(C(N)=S)c1. The molecule has 2 N–H and O–H groups in total. The molecule has 2 rings (SSSR count). The second-order valence-corrected chi connectivity index (χ2v) is 6.15. The highest BCUT2D eigenvalue weighted by Crippen LogP contribution is 2.21. The summed E-state index contributed by atoms with van der Waals surface area (Å²) in [5, 5.41) is 0. The Morgan fingerprint density at radius 3 is 2.90 bits per heavy atom. The van der Waals surface area contributed by atoms with Crippen molar-refractivity contribution in [2.24, 2.45) is 5.73 Å². The summed E-state index contributed by atoms with van der Waals surface area (Å²) >= 11 is 4.89. The Morgan fingerprint density at radius 1 is 1.50 bits per heavy atom. The third-order valence-corrected chi connectivity index (χ3v) is 3.98. The van der Waals surface area contributed by atoms with E-state index in [2.05, 4.69) is 23.9 Å². The molecule has 1 aliphatic rings. The smallest absolute Gasteiger partial charge is 0.133 e. The third kappa shape index (κ3) is 3.75. The summed E-state index contributed by atoms with van der Waals surface area (Å²) in [7, 11) is 4.19. The van der Waals surface area contributed by atoms with Crippen molar-refractivity contribution in [2.45, 2.75) is 25.4 Å². The maximum absolute atomic E-state index is 13.6. The Morgan fingerprint density at radius 2 is 2.25 bits per heavy atom. The molecule has 1 atom stereocenters. The predicted molar refractivity (Wildman–Crippen MR) is 84.3 cm³/mol. The van der Waals surface area contributed by atoms with Gasteiger partial charge in [0.15, 0.2) is 0 Å². The van der Waals surface area contributed by atoms with E-state index in [1.165, 1.54) is 18.9 Å². The average Bonchev–Trinajstić information content (AvgIpc) is 2.78. The van der Waals surface area contributed by atoms with Gasteiger partial charge in [0, 0.05) is 24.7 Å². The van der Waals surface area contributed by atoms with Crippen LogP contribution >= 0.6 is 12.2 Å². The molecule has 1 fully saturated rings. The summed E-state index contributed by atoms with van der Waals surface area (Å²) in [5.41, 5.74) is 6.97. The number of halogens is 1. The Hall–Kier alpha value is -1.04. The number of likely N-dealkylation sites (tertiary alicyclic amines) is 1. The number of likely N-dealkylation sites (N-methyl/N-ethyl adjacent to an activating group) is 1. The third-order valence-electron chi connectivity index (χ3n) is 3.76. The van der Waals surface area contributed by atoms with E-state index in [9.17, 15) is 4.39 Å². The van der Waals surface area contributed by atoms with Gasteiger partial charge in [-0.1, -0.05) is 18.3 Å². The second-order valence-electron chi connectivity index (χ2n) is 5.71. The van der Waals surface area contributed by atoms with Crippen molar-refractivity contribution in [3.8, 4) is 0 Å². The lowest BCUT2D eigenvalue weighted by Crippen LogP contribution is -2.37. The summed E-state index contributed by atoms with van der Waals surface area (Å²) in [6.07, 6.45) is 2.45. The zero-order chi connectivity index (χ0) is 14.7. The summed E-state index contributed by atoms with van der Waals surface area (Å²) in [6, 6.07) is 5.63. The molecule has 1 unspecified atom stereocenters. The quantitative estimate of drug-likeness (QED) is 0.842. The topological polar surface area (TPSA) is 32.5 Å². The molecule has 0 bridgehead atoms. The van der Waals surface area contributed by atoms with E-state index in [0.717, 1.165) is 25.2 Å². The van der Waals surface area contributed by atoms with Crippen molar-refractivity contribution in [1.29, 1.82) is 0 Å². The lowest BCUT2D eigenvalue weighted by molar-refractivity contribution is 0.201. The first-order valence-electron chi connectivity index (χ1n) is 6.94. The van der Waals surface area contributed by atoms with Crippen molar-refractivity contribution < 1.29 is 4.39 Å². The van der Waals surface area contributed by atoms with E-state index in [4.69, 9.17) is 18.0 Å². The molecule has 5 heteroatoms. The van der Waals surface area contributed by atoms with Crippen molar-refractivity contribution in [3.63, 3.8) is 0 Å². The van der Waals surface area contributed by atoms with Gasteiger partial charge in [-0.15, -0.1) is 0 Å². The van der Waals surface area contributed by atoms with Gasteiger partial charge in [-0.3, -0.25) is 4.90 Å². The minimum Gasteiger partial charge on any atom is -0.389 e. The van der Waals surface area contributed by atoms with Crippen LogP contribution in [0.1, 0.15) is 24.0 Å². The summed E-state index contributed by atoms with van der Waals surface area (Å²) < 4.78 is 13.6. The van der Waals surface area contributed by atoms with Crippen molar-refractivity contribution >= 4 is 17.2 Å². The Kier molecular flexibility index (Phi) is 5.07. The van der Waals surface area contributed by atoms with Gasteiger partial charge >= 0.3 is 0 Å². The van der Waals surface area contributed by atoms with Crippen LogP contribution in [0, 0.1) is 5.82 Å². The molecule has 1 aromatic rings. The molecule has 3 nitrogen and oxygen atoms in total. The summed E-state index contributed by atoms with van der Waals surface area (Å²) in [4.78, 5) is 4.79. The molecule has 0 spiro atoms. The van der Waals surface area contributed by atoms with E-state index in [1.54, 1.807) is 6.07 Å². The van der Waals surface area contributed by atoms with Crippen LogP contribution in [0.5, 0.6) is 0 Å². The minimum atomic E-state index is -0.340. The van der Waals surface area contributed by atoms with Gasteiger partial charge in [0.25, 0.3) is 0 Å². The molecule has 1 heterocycles. The number of benzene rings is 1. The maximum atomic E-state index is 13.6. The van der Waals surface area contributed by atoms with Crippen LogP contribution in [0.15, 0.2) is 18.2 Å². The van der Waals surface area contributed by atoms with Crippen LogP contribution < -0.4 is 5.73 Å². The van der Waals surface area contributed by atoms with Crippen molar-refractivity contribution in [2.75, 3.05) is 27.2 Å². The van der Waals surface area contributed by atoms with Crippen LogP contribution in [-0.2, 0) is 6.54 Å². The molecule has 0 amide bonds. The van der Waals surface area contributed by atoms with Gasteiger partial charge < -0.3 is 10.6 Å². The van der Waals surface area contributed by atoms with E-state index in [0.29, 0.717) is 11.6 Å². The van der Waals surface area contributed by atoms with Gasteiger partial charge in [-0.05, 0) is 51.2 Å². The second kappa shape index (κ2) is 6.61. The Labute approximate surface area is 125 Å². The molecule has 1 aromatic carbocycles. The molecule has 20 heavy (non-hydrogen) atoms. The minimum absolute atomic E-state index is 0.121. The van der Waals surface area contributed by atoms with Gasteiger partial charge in [-0.25, -0.2) is 4.39 Å². The van der Waals surface area contributed by atoms with E-state index in [1.807, 2.05) is 6.07 Å². The maximum Gasteiger partial charge on any atom is 0.133 e. The van der Waals surface area contributed by atoms with Crippen LogP contribution in [-0.4, -0.2) is 48.0 Å². The number of hydrogen-bond acceptors (Lipinski definition) is 3. The fourth-order valence-electron chi connectivity index (χ4n) is 2.83. The zero-order valence-electron chi connectivity index (χ0n) is 12.1. The fraction of sp³-hybridized carbons (Fsp3) is 0.533. The highest BCUT2D eigenvalue weighted by atomic mass is 32.1. The molecule has 0 aromatic heterocycles. The van der Waals surface area contributed by atoms with Crippen molar-refractivity contribution in [1.82, 2.24) is 9.80 Å². The standard InChI is InChI=1S/C15H22FN3S/c1-18(2)10-12-4-3-7-19(12)9-11-5-6-14(16)13(8-11)15(17)20/h5-6,8,12H,3-4,7,9-10H2,1-2H3,(H2,17,20). The normalized spacial score (nSPS) is 19.7. The van der Waals surface area contributed by atoms with Gasteiger partial charge in [0.1, 0.15) is 10.8 Å². The highest BCUT2D eigenvalue weighted by molar-refractivity contribution is 7.80. The summed E-state index contributed by atoms with van der Waals surface area (Å²) in [6.45, 7) is 2.98. The molecule has 1 saturated heterocycles. The molecular weight excluding hydrogens is 273 g/mol. The number of hydrogen-bond donors (Lipinski definition) is 1. The largest absolute Gasteiger partial charge is 0.389 e. The first kappa shape index (κ1) is 15.4. The number of thiocarbonyl (C=S) groups is 1. The van der Waals surface area contributed by atoms with Gasteiger partial charge in [0.2, 0.25) is 0 Å². The molecule has 0 radical (unpaired) electrons. The van der Waals surface area contributed by atoms with Crippen LogP contribution in [0.25, 0.3) is 0 Å². The van der Waals surface area contributed by atoms with E-state index in [-0.39, 0.29) is 10.8 Å². The Bertz CT molecular complexity index is 490. The van der Waals surface area contributed by atoms with Gasteiger partial charge in [-0.2, -0.15) is 0 Å². The number of rotatable bonds is 5. The van der Waals surface area contributed by atoms with Crippen LogP contribution in [0.4, 0.5) is 4.39 Å². The van der Waals surface area contributed by atoms with Crippen molar-refractivity contribution in [3.05, 3.63) is 35.1 Å². The van der Waals surface area contributed by atoms with E-state index >= 15 is 0 Å². The van der Waals surface area contributed by atoms with Crippen LogP contribution in [0.3, 0.4) is 0 Å². The predicted octanol–water partition coefficient (Wildman–Crippen LogP) is 1.99. The lowest BCUT2D eigenvalue weighted by atomic mass is 10.1. The molecule has 110 valence electrons. The Balaban J connectivity index is 2.09. The van der Waals surface area contributed by atoms with E-state index < -0.39 is 0 Å². The first-order valence-corrected chi connectivity index (χ1v) is 7.35. The zero-order valence-corrected chi connectivity index (χ0v) is 12.9. The molecule has 0 aliphatic carbocycles. The van der Waals surface area contributed by atoms with Crippen LogP contribution in [0.2, 0.25) is 0 Å². The summed E-state index contributed by atoms with van der Waals surface area (Å²) in [5.74, 6) is -0.340. The fourth-order valence-corrected chi connectivity index (χ4v) is 2.98. The molecular formula is C15H22FN3S. The first-order chi connectivity index (χ1) is 9.47. The lowest BCUT2D eigenvalue weighted by Gasteiger charge is -2.27. The molecule has 1 aliphatic heterocycles. The number of nitrogens with zero attached hydrogens (tertiary/aromatic N) is 2.